The smallest absolute Gasteiger partial charge is 0.254 e. The summed E-state index contributed by atoms with van der Waals surface area (Å²) in [4.78, 5) is 35.5. The minimum Gasteiger partial charge on any atom is -0.335 e. The molecule has 32 heavy (non-hydrogen) atoms. The third kappa shape index (κ3) is 3.40. The van der Waals surface area contributed by atoms with Crippen molar-refractivity contribution in [2.75, 3.05) is 24.5 Å². The zero-order valence-electron chi connectivity index (χ0n) is 18.6. The second-order valence-corrected chi connectivity index (χ2v) is 8.89. The second kappa shape index (κ2) is 7.63. The number of anilines is 1. The van der Waals surface area contributed by atoms with E-state index in [1.807, 2.05) is 49.9 Å². The minimum atomic E-state index is -0.665. The molecule has 1 aromatic carbocycles. The van der Waals surface area contributed by atoms with Crippen LogP contribution >= 0.6 is 0 Å². The van der Waals surface area contributed by atoms with Crippen LogP contribution in [-0.2, 0) is 0 Å². The summed E-state index contributed by atoms with van der Waals surface area (Å²) in [6.07, 6.45) is 4.23. The predicted octanol–water partition coefficient (Wildman–Crippen LogP) is 2.50. The molecule has 164 valence electrons. The number of hydrogen-bond donors (Lipinski definition) is 1. The van der Waals surface area contributed by atoms with Crippen molar-refractivity contribution in [2.45, 2.75) is 32.9 Å². The lowest BCUT2D eigenvalue weighted by Gasteiger charge is -2.60. The summed E-state index contributed by atoms with van der Waals surface area (Å²) in [6.45, 7) is 7.81. The Kier molecular flexibility index (Phi) is 4.89. The van der Waals surface area contributed by atoms with Crippen molar-refractivity contribution >= 4 is 11.9 Å². The first kappa shape index (κ1) is 20.5. The fourth-order valence-electron chi connectivity index (χ4n) is 4.82. The van der Waals surface area contributed by atoms with Gasteiger partial charge in [-0.15, -0.1) is 0 Å². The molecule has 2 aromatic heterocycles. The highest BCUT2D eigenvalue weighted by molar-refractivity contribution is 6.00. The van der Waals surface area contributed by atoms with E-state index < -0.39 is 5.66 Å². The Morgan fingerprint density at radius 1 is 1.09 bits per heavy atom. The number of piperidine rings is 1. The van der Waals surface area contributed by atoms with Crippen LogP contribution < -0.4 is 10.6 Å². The van der Waals surface area contributed by atoms with Crippen LogP contribution in [0.1, 0.15) is 33.7 Å². The fraction of sp³-hybridized carbons (Fsp3) is 0.375. The second-order valence-electron chi connectivity index (χ2n) is 8.89. The summed E-state index contributed by atoms with van der Waals surface area (Å²) in [5, 5.41) is 0. The minimum absolute atomic E-state index is 0.0485. The van der Waals surface area contributed by atoms with E-state index in [0.717, 1.165) is 35.5 Å². The zero-order valence-corrected chi connectivity index (χ0v) is 18.6. The highest BCUT2D eigenvalue weighted by Gasteiger charge is 2.55. The zero-order chi connectivity index (χ0) is 22.5. The van der Waals surface area contributed by atoms with Gasteiger partial charge in [0.05, 0.1) is 12.1 Å². The number of carbonyl (C=O) groups is 1. The molecule has 2 saturated heterocycles. The predicted molar refractivity (Wildman–Crippen MR) is 122 cm³/mol. The monoisotopic (exact) mass is 429 g/mol. The molecule has 2 fully saturated rings. The van der Waals surface area contributed by atoms with E-state index >= 15 is 0 Å². The summed E-state index contributed by atoms with van der Waals surface area (Å²) in [5.41, 5.74) is 10.4. The van der Waals surface area contributed by atoms with Crippen molar-refractivity contribution < 1.29 is 4.79 Å². The highest BCUT2D eigenvalue weighted by Crippen LogP contribution is 2.41. The van der Waals surface area contributed by atoms with Gasteiger partial charge in [-0.3, -0.25) is 4.79 Å². The molecular formula is C24H27N7O. The van der Waals surface area contributed by atoms with E-state index in [1.165, 1.54) is 0 Å². The maximum atomic E-state index is 13.7. The molecule has 0 aliphatic carbocycles. The van der Waals surface area contributed by atoms with Gasteiger partial charge in [-0.2, -0.15) is 0 Å². The first-order valence-electron chi connectivity index (χ1n) is 10.9. The van der Waals surface area contributed by atoms with Gasteiger partial charge in [0.25, 0.3) is 5.91 Å². The van der Waals surface area contributed by atoms with Gasteiger partial charge >= 0.3 is 0 Å². The standard InChI is InChI=1S/C24H27N7O/c1-15-5-6-19(21-26-8-4-9-27-21)20(11-15)22(32)30-10-7-18-13-31(24(18,25)14-30)23-28-16(2)12-17(3)29-23/h4-6,8-9,11-12,18H,7,10,13-14,25H2,1-3H3. The average Bonchev–Trinajstić information content (AvgIpc) is 2.76. The van der Waals surface area contributed by atoms with Crippen LogP contribution in [0.4, 0.5) is 5.95 Å². The molecule has 2 unspecified atom stereocenters. The summed E-state index contributed by atoms with van der Waals surface area (Å²) in [7, 11) is 0. The number of hydrogen-bond acceptors (Lipinski definition) is 7. The van der Waals surface area contributed by atoms with Crippen molar-refractivity contribution in [1.82, 2.24) is 24.8 Å². The number of fused-ring (bicyclic) bond motifs is 1. The molecule has 0 spiro atoms. The summed E-state index contributed by atoms with van der Waals surface area (Å²) in [6, 6.07) is 9.52. The highest BCUT2D eigenvalue weighted by atomic mass is 16.2. The lowest BCUT2D eigenvalue weighted by Crippen LogP contribution is -2.79. The van der Waals surface area contributed by atoms with E-state index in [-0.39, 0.29) is 5.91 Å². The van der Waals surface area contributed by atoms with E-state index in [4.69, 9.17) is 5.73 Å². The molecule has 1 amide bonds. The van der Waals surface area contributed by atoms with Gasteiger partial charge in [-0.05, 0) is 45.4 Å². The van der Waals surface area contributed by atoms with Gasteiger partial charge in [0.1, 0.15) is 5.66 Å². The van der Waals surface area contributed by atoms with Crippen molar-refractivity contribution in [1.29, 1.82) is 0 Å². The maximum Gasteiger partial charge on any atom is 0.254 e. The van der Waals surface area contributed by atoms with Crippen molar-refractivity contribution in [2.24, 2.45) is 11.7 Å². The SMILES string of the molecule is Cc1ccc(-c2ncccn2)c(C(=O)N2CCC3CN(c4nc(C)cc(C)n4)C3(N)C2)c1. The molecule has 2 atom stereocenters. The largest absolute Gasteiger partial charge is 0.335 e. The summed E-state index contributed by atoms with van der Waals surface area (Å²) in [5.74, 6) is 1.45. The Morgan fingerprint density at radius 3 is 2.53 bits per heavy atom. The number of nitrogens with zero attached hydrogens (tertiary/aromatic N) is 6. The lowest BCUT2D eigenvalue weighted by molar-refractivity contribution is 0.0295. The Labute approximate surface area is 187 Å². The van der Waals surface area contributed by atoms with Gasteiger partial charge in [-0.1, -0.05) is 17.7 Å². The Hall–Kier alpha value is -3.39. The molecule has 0 bridgehead atoms. The molecule has 5 rings (SSSR count). The topological polar surface area (TPSA) is 101 Å². The number of aromatic nitrogens is 4. The fourth-order valence-corrected chi connectivity index (χ4v) is 4.82. The molecule has 8 heteroatoms. The van der Waals surface area contributed by atoms with Crippen LogP contribution in [-0.4, -0.2) is 56.0 Å². The molecule has 0 saturated carbocycles. The molecule has 3 aromatic rings. The molecule has 2 aliphatic rings. The first-order valence-corrected chi connectivity index (χ1v) is 10.9. The van der Waals surface area contributed by atoms with Crippen LogP contribution in [0.5, 0.6) is 0 Å². The van der Waals surface area contributed by atoms with Gasteiger partial charge in [0.15, 0.2) is 5.82 Å². The molecule has 2 aliphatic heterocycles. The third-order valence-electron chi connectivity index (χ3n) is 6.52. The quantitative estimate of drug-likeness (QED) is 0.682. The van der Waals surface area contributed by atoms with Crippen LogP contribution in [0.15, 0.2) is 42.7 Å². The van der Waals surface area contributed by atoms with Crippen LogP contribution in [0.3, 0.4) is 0 Å². The number of nitrogens with two attached hydrogens (primary N) is 1. The van der Waals surface area contributed by atoms with Gasteiger partial charge in [-0.25, -0.2) is 19.9 Å². The molecule has 2 N–H and O–H groups in total. The molecule has 8 nitrogen and oxygen atoms in total. The number of likely N-dealkylation sites (tertiary alicyclic amines) is 1. The Morgan fingerprint density at radius 2 is 1.81 bits per heavy atom. The van der Waals surface area contributed by atoms with E-state index in [2.05, 4.69) is 24.8 Å². The van der Waals surface area contributed by atoms with Gasteiger partial charge < -0.3 is 15.5 Å². The third-order valence-corrected chi connectivity index (χ3v) is 6.52. The number of amides is 1. The van der Waals surface area contributed by atoms with E-state index in [1.54, 1.807) is 18.5 Å². The van der Waals surface area contributed by atoms with E-state index in [9.17, 15) is 4.79 Å². The van der Waals surface area contributed by atoms with Gasteiger partial charge in [0, 0.05) is 48.4 Å². The molecular weight excluding hydrogens is 402 g/mol. The lowest BCUT2D eigenvalue weighted by atomic mass is 9.76. The molecule has 0 radical (unpaired) electrons. The normalized spacial score (nSPS) is 22.3. The summed E-state index contributed by atoms with van der Waals surface area (Å²) >= 11 is 0. The van der Waals surface area contributed by atoms with Crippen LogP contribution in [0.25, 0.3) is 11.4 Å². The Balaban J connectivity index is 1.45. The Bertz CT molecular complexity index is 1160. The van der Waals surface area contributed by atoms with Crippen molar-refractivity contribution in [3.63, 3.8) is 0 Å². The van der Waals surface area contributed by atoms with Crippen molar-refractivity contribution in [3.8, 4) is 11.4 Å². The van der Waals surface area contributed by atoms with Gasteiger partial charge in [0.2, 0.25) is 5.95 Å². The number of benzene rings is 1. The van der Waals surface area contributed by atoms with Crippen LogP contribution in [0.2, 0.25) is 0 Å². The number of carbonyl (C=O) groups excluding carboxylic acids is 1. The van der Waals surface area contributed by atoms with E-state index in [0.29, 0.717) is 36.3 Å². The molecule has 4 heterocycles. The van der Waals surface area contributed by atoms with Crippen molar-refractivity contribution in [3.05, 3.63) is 65.2 Å². The maximum absolute atomic E-state index is 13.7. The summed E-state index contributed by atoms with van der Waals surface area (Å²) < 4.78 is 0. The number of rotatable bonds is 3. The van der Waals surface area contributed by atoms with Crippen LogP contribution in [0, 0.1) is 26.7 Å². The first-order chi connectivity index (χ1) is 15.3. The average molecular weight is 430 g/mol. The number of aryl methyl sites for hydroxylation is 3.